The highest BCUT2D eigenvalue weighted by atomic mass is 16.3. The molecule has 1 aromatic carbocycles. The molecular formula is C15H22N2O2. The van der Waals surface area contributed by atoms with Crippen molar-refractivity contribution in [2.75, 3.05) is 13.2 Å². The Bertz CT molecular complexity index is 434. The van der Waals surface area contributed by atoms with E-state index in [2.05, 4.69) is 0 Å². The number of aliphatic hydroxyl groups excluding tert-OH is 1. The molecule has 0 saturated carbocycles. The molecule has 1 aliphatic heterocycles. The van der Waals surface area contributed by atoms with Crippen LogP contribution in [0.5, 0.6) is 0 Å². The van der Waals surface area contributed by atoms with Crippen LogP contribution >= 0.6 is 0 Å². The second kappa shape index (κ2) is 6.68. The third-order valence-electron chi connectivity index (χ3n) is 3.76. The highest BCUT2D eigenvalue weighted by Gasteiger charge is 2.25. The zero-order chi connectivity index (χ0) is 13.7. The monoisotopic (exact) mass is 262 g/mol. The van der Waals surface area contributed by atoms with Crippen molar-refractivity contribution in [3.8, 4) is 0 Å². The lowest BCUT2D eigenvalue weighted by Crippen LogP contribution is -2.42. The van der Waals surface area contributed by atoms with E-state index in [1.165, 1.54) is 0 Å². The van der Waals surface area contributed by atoms with Gasteiger partial charge in [-0.2, -0.15) is 0 Å². The van der Waals surface area contributed by atoms with E-state index in [9.17, 15) is 9.90 Å². The lowest BCUT2D eigenvalue weighted by molar-refractivity contribution is 0.0599. The van der Waals surface area contributed by atoms with Gasteiger partial charge in [-0.15, -0.1) is 0 Å². The summed E-state index contributed by atoms with van der Waals surface area (Å²) in [5, 5.41) is 9.47. The molecule has 1 amide bonds. The number of benzene rings is 1. The fourth-order valence-electron chi connectivity index (χ4n) is 2.63. The van der Waals surface area contributed by atoms with Gasteiger partial charge in [0.05, 0.1) is 12.6 Å². The third-order valence-corrected chi connectivity index (χ3v) is 3.76. The standard InChI is InChI=1S/C15H22N2O2/c16-10-12-5-4-6-13(9-12)15(19)17-8-3-1-2-7-14(17)11-18/h4-6,9,14,18H,1-3,7-8,10-11,16H2. The van der Waals surface area contributed by atoms with Crippen molar-refractivity contribution >= 4 is 5.91 Å². The van der Waals surface area contributed by atoms with Gasteiger partial charge < -0.3 is 15.7 Å². The Kier molecular flexibility index (Phi) is 4.93. The highest BCUT2D eigenvalue weighted by molar-refractivity contribution is 5.94. The fraction of sp³-hybridized carbons (Fsp3) is 0.533. The molecule has 1 atom stereocenters. The van der Waals surface area contributed by atoms with E-state index in [4.69, 9.17) is 5.73 Å². The number of nitrogens with zero attached hydrogens (tertiary/aromatic N) is 1. The fourth-order valence-corrected chi connectivity index (χ4v) is 2.63. The van der Waals surface area contributed by atoms with Crippen LogP contribution in [0.25, 0.3) is 0 Å². The van der Waals surface area contributed by atoms with Crippen LogP contribution in [0, 0.1) is 0 Å². The van der Waals surface area contributed by atoms with Gasteiger partial charge in [-0.3, -0.25) is 4.79 Å². The molecule has 3 N–H and O–H groups in total. The molecule has 1 fully saturated rings. The average Bonchev–Trinajstić information content (AvgIpc) is 2.71. The summed E-state index contributed by atoms with van der Waals surface area (Å²) in [7, 11) is 0. The number of amides is 1. The molecule has 19 heavy (non-hydrogen) atoms. The van der Waals surface area contributed by atoms with Gasteiger partial charge in [0, 0.05) is 18.7 Å². The van der Waals surface area contributed by atoms with Gasteiger partial charge in [0.15, 0.2) is 0 Å². The van der Waals surface area contributed by atoms with Crippen LogP contribution in [0.15, 0.2) is 24.3 Å². The lowest BCUT2D eigenvalue weighted by atomic mass is 10.1. The van der Waals surface area contributed by atoms with Gasteiger partial charge >= 0.3 is 0 Å². The van der Waals surface area contributed by atoms with Gasteiger partial charge in [0.2, 0.25) is 0 Å². The topological polar surface area (TPSA) is 66.6 Å². The minimum absolute atomic E-state index is 0.0104. The van der Waals surface area contributed by atoms with E-state index in [1.54, 1.807) is 0 Å². The average molecular weight is 262 g/mol. The van der Waals surface area contributed by atoms with Crippen molar-refractivity contribution in [1.29, 1.82) is 0 Å². The second-order valence-corrected chi connectivity index (χ2v) is 5.09. The molecule has 2 rings (SSSR count). The lowest BCUT2D eigenvalue weighted by Gasteiger charge is -2.28. The molecular weight excluding hydrogens is 240 g/mol. The summed E-state index contributed by atoms with van der Waals surface area (Å²) in [5.41, 5.74) is 7.24. The first kappa shape index (κ1) is 14.0. The van der Waals surface area contributed by atoms with Gasteiger partial charge in [-0.1, -0.05) is 25.0 Å². The van der Waals surface area contributed by atoms with E-state index in [1.807, 2.05) is 29.2 Å². The zero-order valence-electron chi connectivity index (χ0n) is 11.2. The first-order valence-electron chi connectivity index (χ1n) is 6.97. The Morgan fingerprint density at radius 1 is 1.37 bits per heavy atom. The highest BCUT2D eigenvalue weighted by Crippen LogP contribution is 2.19. The largest absolute Gasteiger partial charge is 0.394 e. The number of likely N-dealkylation sites (tertiary alicyclic amines) is 1. The van der Waals surface area contributed by atoms with Crippen molar-refractivity contribution in [3.05, 3.63) is 35.4 Å². The van der Waals surface area contributed by atoms with E-state index in [0.717, 1.165) is 37.8 Å². The molecule has 4 nitrogen and oxygen atoms in total. The van der Waals surface area contributed by atoms with Crippen LogP contribution in [0.4, 0.5) is 0 Å². The normalized spacial score (nSPS) is 20.1. The maximum Gasteiger partial charge on any atom is 0.254 e. The van der Waals surface area contributed by atoms with E-state index < -0.39 is 0 Å². The Morgan fingerprint density at radius 3 is 2.95 bits per heavy atom. The number of carbonyl (C=O) groups is 1. The molecule has 4 heteroatoms. The Morgan fingerprint density at radius 2 is 2.21 bits per heavy atom. The van der Waals surface area contributed by atoms with Crippen molar-refractivity contribution < 1.29 is 9.90 Å². The van der Waals surface area contributed by atoms with Gasteiger partial charge in [-0.25, -0.2) is 0 Å². The minimum Gasteiger partial charge on any atom is -0.394 e. The molecule has 1 saturated heterocycles. The van der Waals surface area contributed by atoms with Gasteiger partial charge in [0.1, 0.15) is 0 Å². The summed E-state index contributed by atoms with van der Waals surface area (Å²) in [5.74, 6) is 0.0104. The van der Waals surface area contributed by atoms with E-state index >= 15 is 0 Å². The number of hydrogen-bond donors (Lipinski definition) is 2. The predicted octanol–water partition coefficient (Wildman–Crippen LogP) is 1.52. The Labute approximate surface area is 114 Å². The molecule has 0 spiro atoms. The Balaban J connectivity index is 2.20. The SMILES string of the molecule is NCc1cccc(C(=O)N2CCCCCC2CO)c1. The quantitative estimate of drug-likeness (QED) is 0.868. The van der Waals surface area contributed by atoms with Crippen LogP contribution in [0.3, 0.4) is 0 Å². The summed E-state index contributed by atoms with van der Waals surface area (Å²) in [6.07, 6.45) is 4.11. The van der Waals surface area contributed by atoms with Crippen molar-refractivity contribution in [3.63, 3.8) is 0 Å². The van der Waals surface area contributed by atoms with Gasteiger partial charge in [0.25, 0.3) is 5.91 Å². The summed E-state index contributed by atoms with van der Waals surface area (Å²) >= 11 is 0. The number of rotatable bonds is 3. The first-order chi connectivity index (χ1) is 9.26. The molecule has 0 aromatic heterocycles. The smallest absolute Gasteiger partial charge is 0.254 e. The summed E-state index contributed by atoms with van der Waals surface area (Å²) in [6, 6.07) is 7.41. The molecule has 1 heterocycles. The van der Waals surface area contributed by atoms with Crippen LogP contribution < -0.4 is 5.73 Å². The number of hydrogen-bond acceptors (Lipinski definition) is 3. The maximum atomic E-state index is 12.6. The minimum atomic E-state index is -0.0449. The molecule has 1 aliphatic rings. The van der Waals surface area contributed by atoms with Crippen LogP contribution in [-0.4, -0.2) is 35.1 Å². The number of nitrogens with two attached hydrogens (primary N) is 1. The zero-order valence-corrected chi connectivity index (χ0v) is 11.2. The molecule has 0 aliphatic carbocycles. The van der Waals surface area contributed by atoms with Crippen molar-refractivity contribution in [2.24, 2.45) is 5.73 Å². The maximum absolute atomic E-state index is 12.6. The predicted molar refractivity (Wildman–Crippen MR) is 74.7 cm³/mol. The molecule has 1 unspecified atom stereocenters. The molecule has 0 radical (unpaired) electrons. The van der Waals surface area contributed by atoms with E-state index in [0.29, 0.717) is 12.1 Å². The first-order valence-corrected chi connectivity index (χ1v) is 6.97. The Hall–Kier alpha value is -1.39. The van der Waals surface area contributed by atoms with Crippen LogP contribution in [-0.2, 0) is 6.54 Å². The molecule has 1 aromatic rings. The summed E-state index contributed by atoms with van der Waals surface area (Å²) < 4.78 is 0. The van der Waals surface area contributed by atoms with Crippen LogP contribution in [0.2, 0.25) is 0 Å². The molecule has 104 valence electrons. The van der Waals surface area contributed by atoms with E-state index in [-0.39, 0.29) is 18.6 Å². The van der Waals surface area contributed by atoms with Gasteiger partial charge in [-0.05, 0) is 30.5 Å². The number of carbonyl (C=O) groups excluding carboxylic acids is 1. The second-order valence-electron chi connectivity index (χ2n) is 5.09. The summed E-state index contributed by atoms with van der Waals surface area (Å²) in [6.45, 7) is 1.21. The summed E-state index contributed by atoms with van der Waals surface area (Å²) in [4.78, 5) is 14.4. The third kappa shape index (κ3) is 3.33. The number of aliphatic hydroxyl groups is 1. The van der Waals surface area contributed by atoms with Crippen molar-refractivity contribution in [2.45, 2.75) is 38.3 Å². The molecule has 0 bridgehead atoms. The van der Waals surface area contributed by atoms with Crippen LogP contribution in [0.1, 0.15) is 41.6 Å². The van der Waals surface area contributed by atoms with Crippen molar-refractivity contribution in [1.82, 2.24) is 4.90 Å².